The predicted molar refractivity (Wildman–Crippen MR) is 193 cm³/mol. The van der Waals surface area contributed by atoms with Crippen molar-refractivity contribution in [3.05, 3.63) is 99.1 Å². The van der Waals surface area contributed by atoms with Crippen molar-refractivity contribution in [2.75, 3.05) is 4.90 Å². The zero-order valence-corrected chi connectivity index (χ0v) is 29.6. The van der Waals surface area contributed by atoms with Gasteiger partial charge >= 0.3 is 0 Å². The van der Waals surface area contributed by atoms with E-state index in [9.17, 15) is 0 Å². The van der Waals surface area contributed by atoms with Gasteiger partial charge in [0, 0.05) is 32.9 Å². The molecule has 0 radical (unpaired) electrons. The lowest BCUT2D eigenvalue weighted by Crippen LogP contribution is -2.34. The zero-order valence-electron chi connectivity index (χ0n) is 28.8. The van der Waals surface area contributed by atoms with Crippen LogP contribution in [0, 0.1) is 13.8 Å². The molecule has 0 aliphatic heterocycles. The number of hydrogen-bond donors (Lipinski definition) is 0. The van der Waals surface area contributed by atoms with Crippen molar-refractivity contribution >= 4 is 50.6 Å². The van der Waals surface area contributed by atoms with Crippen LogP contribution in [0.1, 0.15) is 114 Å². The molecule has 1 aromatic heterocycles. The van der Waals surface area contributed by atoms with E-state index in [2.05, 4.69) is 129 Å². The molecule has 3 heteroatoms. The monoisotopic (exact) mass is 617 g/mol. The fraction of sp³-hybridized carbons (Fsp3) is 0.429. The summed E-state index contributed by atoms with van der Waals surface area (Å²) in [6, 6.07) is 22.8. The summed E-state index contributed by atoms with van der Waals surface area (Å²) in [5.74, 6) is 0. The van der Waals surface area contributed by atoms with E-state index in [1.807, 2.05) is 6.07 Å². The minimum atomic E-state index is 0.105. The molecular formula is C42H48ClNO. The Balaban J connectivity index is 1.48. The quantitative estimate of drug-likeness (QED) is 0.200. The molecule has 0 N–H and O–H groups in total. The number of hydrogen-bond acceptors (Lipinski definition) is 2. The van der Waals surface area contributed by atoms with Crippen molar-refractivity contribution in [3.8, 4) is 0 Å². The van der Waals surface area contributed by atoms with Crippen molar-refractivity contribution in [3.63, 3.8) is 0 Å². The molecule has 234 valence electrons. The van der Waals surface area contributed by atoms with E-state index < -0.39 is 0 Å². The molecule has 2 aliphatic rings. The minimum Gasteiger partial charge on any atom is -0.456 e. The lowest BCUT2D eigenvalue weighted by molar-refractivity contribution is 0.332. The van der Waals surface area contributed by atoms with Gasteiger partial charge < -0.3 is 9.32 Å². The van der Waals surface area contributed by atoms with Crippen LogP contribution in [0.4, 0.5) is 17.1 Å². The number of aryl methyl sites for hydroxylation is 2. The zero-order chi connectivity index (χ0) is 32.3. The van der Waals surface area contributed by atoms with Crippen molar-refractivity contribution in [2.24, 2.45) is 0 Å². The van der Waals surface area contributed by atoms with Gasteiger partial charge in [-0.3, -0.25) is 0 Å². The first-order chi connectivity index (χ1) is 21.0. The fourth-order valence-electron chi connectivity index (χ4n) is 8.19. The second-order valence-corrected chi connectivity index (χ2v) is 17.2. The Hall–Kier alpha value is -3.23. The molecule has 7 rings (SSSR count). The van der Waals surface area contributed by atoms with Gasteiger partial charge in [-0.25, -0.2) is 0 Å². The Morgan fingerprint density at radius 1 is 0.556 bits per heavy atom. The van der Waals surface area contributed by atoms with E-state index in [0.717, 1.165) is 38.5 Å². The second kappa shape index (κ2) is 9.88. The van der Waals surface area contributed by atoms with E-state index in [1.165, 1.54) is 64.6 Å². The van der Waals surface area contributed by atoms with Crippen molar-refractivity contribution in [1.82, 2.24) is 0 Å². The van der Waals surface area contributed by atoms with Crippen LogP contribution in [-0.2, 0) is 21.7 Å². The highest BCUT2D eigenvalue weighted by atomic mass is 35.5. The number of furan rings is 1. The van der Waals surface area contributed by atoms with Crippen LogP contribution in [0.2, 0.25) is 5.02 Å². The van der Waals surface area contributed by atoms with E-state index in [1.54, 1.807) is 0 Å². The molecule has 0 spiro atoms. The van der Waals surface area contributed by atoms with Crippen LogP contribution in [0.25, 0.3) is 21.9 Å². The number of halogens is 1. The van der Waals surface area contributed by atoms with Gasteiger partial charge in [0.05, 0.1) is 0 Å². The third-order valence-corrected chi connectivity index (χ3v) is 11.6. The van der Waals surface area contributed by atoms with Gasteiger partial charge in [-0.15, -0.1) is 0 Å². The standard InChI is InChI=1S/C42H48ClNO/c1-25-17-27(43)20-29(18-25)44(36-23-34-32(19-26(36)2)39(3,4)13-15-41(34,7)8)28-11-12-37-30(21-28)31-22-33-35(24-38(31)45-37)42(9,10)16-14-40(33,5)6/h11-12,17-24H,13-16H2,1-10H3. The van der Waals surface area contributed by atoms with E-state index >= 15 is 0 Å². The SMILES string of the molecule is Cc1cc(Cl)cc(N(c2ccc3oc4cc5c(cc4c3c2)C(C)(C)CCC5(C)C)c2cc3c(cc2C)C(C)(C)CCC3(C)C)c1. The maximum atomic E-state index is 6.74. The molecule has 0 fully saturated rings. The number of anilines is 3. The molecule has 0 saturated heterocycles. The van der Waals surface area contributed by atoms with Crippen LogP contribution in [0.5, 0.6) is 0 Å². The molecular weight excluding hydrogens is 570 g/mol. The topological polar surface area (TPSA) is 16.4 Å². The lowest BCUT2D eigenvalue weighted by atomic mass is 9.63. The van der Waals surface area contributed by atoms with Crippen LogP contribution >= 0.6 is 11.6 Å². The summed E-state index contributed by atoms with van der Waals surface area (Å²) in [7, 11) is 0. The highest BCUT2D eigenvalue weighted by Crippen LogP contribution is 2.51. The molecule has 0 bridgehead atoms. The lowest BCUT2D eigenvalue weighted by Gasteiger charge is -2.43. The van der Waals surface area contributed by atoms with E-state index in [-0.39, 0.29) is 21.7 Å². The maximum absolute atomic E-state index is 6.74. The summed E-state index contributed by atoms with van der Waals surface area (Å²) in [5, 5.41) is 3.10. The highest BCUT2D eigenvalue weighted by molar-refractivity contribution is 6.31. The van der Waals surface area contributed by atoms with Gasteiger partial charge in [0.2, 0.25) is 0 Å². The van der Waals surface area contributed by atoms with Crippen LogP contribution in [-0.4, -0.2) is 0 Å². The second-order valence-electron chi connectivity index (χ2n) is 16.7. The van der Waals surface area contributed by atoms with Crippen molar-refractivity contribution < 1.29 is 4.42 Å². The molecule has 0 unspecified atom stereocenters. The normalized spacial score (nSPS) is 19.4. The Morgan fingerprint density at radius 3 is 1.69 bits per heavy atom. The minimum absolute atomic E-state index is 0.105. The van der Waals surface area contributed by atoms with Crippen LogP contribution in [0.3, 0.4) is 0 Å². The summed E-state index contributed by atoms with van der Waals surface area (Å²) in [5.41, 5.74) is 14.1. The number of fused-ring (bicyclic) bond motifs is 5. The number of nitrogens with zero attached hydrogens (tertiary/aromatic N) is 1. The molecule has 0 saturated carbocycles. The Kier molecular flexibility index (Phi) is 6.68. The molecule has 4 aromatic carbocycles. The van der Waals surface area contributed by atoms with Gasteiger partial charge in [0.15, 0.2) is 0 Å². The molecule has 45 heavy (non-hydrogen) atoms. The first-order valence-electron chi connectivity index (χ1n) is 16.7. The molecule has 0 atom stereocenters. The summed E-state index contributed by atoms with van der Waals surface area (Å²) >= 11 is 6.74. The van der Waals surface area contributed by atoms with Gasteiger partial charge in [0.25, 0.3) is 0 Å². The first kappa shape index (κ1) is 30.4. The van der Waals surface area contributed by atoms with E-state index in [0.29, 0.717) is 0 Å². The molecule has 2 aliphatic carbocycles. The fourth-order valence-corrected chi connectivity index (χ4v) is 8.47. The third-order valence-electron chi connectivity index (χ3n) is 11.4. The Morgan fingerprint density at radius 2 is 1.09 bits per heavy atom. The van der Waals surface area contributed by atoms with Crippen LogP contribution < -0.4 is 4.90 Å². The molecule has 1 heterocycles. The van der Waals surface area contributed by atoms with Gasteiger partial charge in [-0.2, -0.15) is 0 Å². The smallest absolute Gasteiger partial charge is 0.135 e. The maximum Gasteiger partial charge on any atom is 0.135 e. The summed E-state index contributed by atoms with van der Waals surface area (Å²) in [4.78, 5) is 2.41. The van der Waals surface area contributed by atoms with Gasteiger partial charge in [-0.1, -0.05) is 73.1 Å². The number of benzene rings is 4. The van der Waals surface area contributed by atoms with Gasteiger partial charge in [0.1, 0.15) is 11.2 Å². The Bertz CT molecular complexity index is 1980. The summed E-state index contributed by atoms with van der Waals surface area (Å²) < 4.78 is 6.57. The molecule has 2 nitrogen and oxygen atoms in total. The van der Waals surface area contributed by atoms with Gasteiger partial charge in [-0.05, 0) is 149 Å². The predicted octanol–water partition coefficient (Wildman–Crippen LogP) is 13.0. The number of rotatable bonds is 3. The molecule has 5 aromatic rings. The average molecular weight is 618 g/mol. The van der Waals surface area contributed by atoms with Crippen molar-refractivity contribution in [2.45, 2.75) is 117 Å². The first-order valence-corrected chi connectivity index (χ1v) is 17.1. The average Bonchev–Trinajstić information content (AvgIpc) is 3.31. The summed E-state index contributed by atoms with van der Waals surface area (Å²) in [6.45, 7) is 23.5. The summed E-state index contributed by atoms with van der Waals surface area (Å²) in [6.07, 6.45) is 4.75. The van der Waals surface area contributed by atoms with E-state index in [4.69, 9.17) is 16.0 Å². The van der Waals surface area contributed by atoms with Crippen molar-refractivity contribution in [1.29, 1.82) is 0 Å². The highest BCUT2D eigenvalue weighted by Gasteiger charge is 2.39. The largest absolute Gasteiger partial charge is 0.456 e. The third kappa shape index (κ3) is 4.91. The molecule has 0 amide bonds. The van der Waals surface area contributed by atoms with Crippen LogP contribution in [0.15, 0.2) is 65.1 Å². The Labute approximate surface area is 274 Å².